The van der Waals surface area contributed by atoms with Crippen LogP contribution in [0.4, 0.5) is 0 Å². The summed E-state index contributed by atoms with van der Waals surface area (Å²) in [7, 11) is 0. The fourth-order valence-corrected chi connectivity index (χ4v) is 0.173. The van der Waals surface area contributed by atoms with E-state index >= 15 is 0 Å². The average Bonchev–Trinajstić information content (AvgIpc) is 1.95. The first-order valence-electron chi connectivity index (χ1n) is 2.05. The van der Waals surface area contributed by atoms with Crippen LogP contribution >= 0.6 is 0 Å². The Morgan fingerprint density at radius 3 is 0.909 bits per heavy atom. The fourth-order valence-electron chi connectivity index (χ4n) is 0.173. The largest absolute Gasteiger partial charge is 1.00 e. The molecule has 0 aromatic carbocycles. The van der Waals surface area contributed by atoms with E-state index in [0.717, 1.165) is 0 Å². The monoisotopic (exact) mass is 140 g/mol. The zero-order valence-electron chi connectivity index (χ0n) is 5.87. The Labute approximate surface area is 75.8 Å². The van der Waals surface area contributed by atoms with Gasteiger partial charge in [0.25, 0.3) is 0 Å². The zero-order valence-corrected chi connectivity index (χ0v) is 5.87. The van der Waals surface area contributed by atoms with Crippen molar-refractivity contribution in [2.45, 2.75) is 0 Å². The zero-order chi connectivity index (χ0) is 7.33. The third-order valence-electron chi connectivity index (χ3n) is 0.775. The van der Waals surface area contributed by atoms with Gasteiger partial charge in [0.2, 0.25) is 0 Å². The molecule has 48 valence electrons. The first-order chi connectivity index (χ1) is 4.24. The maximum atomic E-state index is 8.09. The van der Waals surface area contributed by atoms with E-state index in [9.17, 15) is 0 Å². The van der Waals surface area contributed by atoms with Gasteiger partial charge in [0, 0.05) is 0 Å². The van der Waals surface area contributed by atoms with E-state index in [1.165, 1.54) is 23.9 Å². The molecule has 0 spiro atoms. The molecule has 11 heavy (non-hydrogen) atoms. The molecular formula is C4H2BLiN4O. The maximum Gasteiger partial charge on any atom is 1.00 e. The number of hydrogen-bond donors (Lipinski definition) is 0. The summed E-state index contributed by atoms with van der Waals surface area (Å²) in [6.45, 7) is 0. The van der Waals surface area contributed by atoms with Gasteiger partial charge in [0.15, 0.2) is 0 Å². The van der Waals surface area contributed by atoms with Crippen molar-refractivity contribution >= 4 is 6.15 Å². The van der Waals surface area contributed by atoms with Crippen LogP contribution < -0.4 is 18.9 Å². The first-order valence-corrected chi connectivity index (χ1v) is 2.05. The van der Waals surface area contributed by atoms with Gasteiger partial charge in [0.1, 0.15) is 0 Å². The van der Waals surface area contributed by atoms with Gasteiger partial charge in [-0.2, -0.15) is 0 Å². The molecule has 0 heterocycles. The van der Waals surface area contributed by atoms with Gasteiger partial charge in [-0.05, 0) is 0 Å². The minimum absolute atomic E-state index is 0. The van der Waals surface area contributed by atoms with Crippen LogP contribution in [0.2, 0.25) is 0 Å². The van der Waals surface area contributed by atoms with E-state index < -0.39 is 6.15 Å². The molecular weight excluding hydrogens is 138 g/mol. The number of nitrogens with zero attached hydrogens (tertiary/aromatic N) is 4. The van der Waals surface area contributed by atoms with Gasteiger partial charge >= 0.3 is 25.0 Å². The van der Waals surface area contributed by atoms with Crippen molar-refractivity contribution in [3.63, 3.8) is 0 Å². The Bertz CT molecular complexity index is 215. The van der Waals surface area contributed by atoms with Crippen LogP contribution in [0.3, 0.4) is 0 Å². The van der Waals surface area contributed by atoms with Gasteiger partial charge in [-0.3, -0.25) is 0 Å². The van der Waals surface area contributed by atoms with Crippen molar-refractivity contribution in [3.05, 3.63) is 0 Å². The summed E-state index contributed by atoms with van der Waals surface area (Å²) in [5.74, 6) is 5.38. The van der Waals surface area contributed by atoms with Crippen molar-refractivity contribution in [1.29, 1.82) is 21.0 Å². The molecule has 0 saturated heterocycles. The van der Waals surface area contributed by atoms with E-state index in [1.54, 1.807) is 0 Å². The van der Waals surface area contributed by atoms with Crippen LogP contribution in [0.1, 0.15) is 0 Å². The molecule has 0 rings (SSSR count). The molecule has 0 amide bonds. The smallest absolute Gasteiger partial charge is 0.412 e. The van der Waals surface area contributed by atoms with E-state index in [0.29, 0.717) is 0 Å². The molecule has 0 aliphatic rings. The fraction of sp³-hybridized carbons (Fsp3) is 0. The molecule has 0 aromatic heterocycles. The van der Waals surface area contributed by atoms with Crippen LogP contribution in [0.5, 0.6) is 0 Å². The van der Waals surface area contributed by atoms with Crippen LogP contribution in [0.15, 0.2) is 0 Å². The minimum Gasteiger partial charge on any atom is -0.412 e. The van der Waals surface area contributed by atoms with Crippen LogP contribution in [0, 0.1) is 44.9 Å². The quantitative estimate of drug-likeness (QED) is 0.316. The van der Waals surface area contributed by atoms with Crippen molar-refractivity contribution in [1.82, 2.24) is 0 Å². The summed E-state index contributed by atoms with van der Waals surface area (Å²) in [6.07, 6.45) is -2.72. The Hall–Kier alpha value is -1.42. The molecule has 0 fully saturated rings. The Kier molecular flexibility index (Phi) is 9.92. The maximum absolute atomic E-state index is 8.09. The second kappa shape index (κ2) is 6.70. The molecule has 5 nitrogen and oxygen atoms in total. The summed E-state index contributed by atoms with van der Waals surface area (Å²) < 4.78 is 0. The molecule has 2 N–H and O–H groups in total. The summed E-state index contributed by atoms with van der Waals surface area (Å²) in [4.78, 5) is 0. The van der Waals surface area contributed by atoms with Gasteiger partial charge < -0.3 is 5.48 Å². The number of hydrogen-bond acceptors (Lipinski definition) is 4. The summed E-state index contributed by atoms with van der Waals surface area (Å²) >= 11 is 0. The molecule has 7 heteroatoms. The summed E-state index contributed by atoms with van der Waals surface area (Å²) in [6, 6.07) is 0. The summed E-state index contributed by atoms with van der Waals surface area (Å²) in [5.41, 5.74) is 0. The Morgan fingerprint density at radius 1 is 0.727 bits per heavy atom. The molecule has 0 bridgehead atoms. The molecule has 0 unspecified atom stereocenters. The minimum atomic E-state index is -2.72. The molecule has 0 aliphatic carbocycles. The predicted octanol–water partition coefficient (Wildman–Crippen LogP) is -4.13. The van der Waals surface area contributed by atoms with Crippen LogP contribution in [0.25, 0.3) is 0 Å². The third-order valence-corrected chi connectivity index (χ3v) is 0.775. The van der Waals surface area contributed by atoms with E-state index in [-0.39, 0.29) is 24.3 Å². The third kappa shape index (κ3) is 3.32. The SMILES string of the molecule is N#C[B-](C#N)(C#N)C#N.O.[Li+]. The van der Waals surface area contributed by atoms with E-state index in [1.807, 2.05) is 0 Å². The first kappa shape index (κ1) is 16.3. The standard InChI is InChI=1S/C4BN4.Li.H2O/c6-1-5(2-7,3-8)4-9;;/h;;1H2/q-1;+1;. The normalized spacial score (nSPS) is 6.18. The number of nitriles is 4. The molecule has 0 atom stereocenters. The second-order valence-corrected chi connectivity index (χ2v) is 1.38. The molecule has 0 aliphatic heterocycles. The molecule has 0 radical (unpaired) electrons. The molecule has 0 aromatic rings. The van der Waals surface area contributed by atoms with Gasteiger partial charge in [-0.1, -0.05) is 0 Å². The second-order valence-electron chi connectivity index (χ2n) is 1.38. The average molecular weight is 140 g/mol. The van der Waals surface area contributed by atoms with Crippen molar-refractivity contribution in [2.75, 3.05) is 0 Å². The number of rotatable bonds is 0. The van der Waals surface area contributed by atoms with E-state index in [4.69, 9.17) is 21.0 Å². The van der Waals surface area contributed by atoms with Crippen molar-refractivity contribution in [3.8, 4) is 23.9 Å². The Morgan fingerprint density at radius 2 is 0.909 bits per heavy atom. The van der Waals surface area contributed by atoms with Crippen molar-refractivity contribution in [2.24, 2.45) is 0 Å². The van der Waals surface area contributed by atoms with Gasteiger partial charge in [0.05, 0.1) is 0 Å². The Balaban J connectivity index is -0.000000320. The molecule has 0 saturated carbocycles. The van der Waals surface area contributed by atoms with Gasteiger partial charge in [-0.15, -0.1) is 23.9 Å². The van der Waals surface area contributed by atoms with Crippen LogP contribution in [-0.2, 0) is 0 Å². The topological polar surface area (TPSA) is 127 Å². The summed E-state index contributed by atoms with van der Waals surface area (Å²) in [5, 5.41) is 32.3. The van der Waals surface area contributed by atoms with E-state index in [2.05, 4.69) is 0 Å². The van der Waals surface area contributed by atoms with Gasteiger partial charge in [-0.25, -0.2) is 21.0 Å². The van der Waals surface area contributed by atoms with Crippen LogP contribution in [-0.4, -0.2) is 11.6 Å². The van der Waals surface area contributed by atoms with Crippen molar-refractivity contribution < 1.29 is 24.3 Å². The predicted molar refractivity (Wildman–Crippen MR) is 31.8 cm³/mol.